The molecular formula is C17H25N3O4S. The first-order valence-corrected chi connectivity index (χ1v) is 10.2. The zero-order valence-electron chi connectivity index (χ0n) is 14.8. The highest BCUT2D eigenvalue weighted by Gasteiger charge is 2.28. The van der Waals surface area contributed by atoms with E-state index >= 15 is 0 Å². The smallest absolute Gasteiger partial charge is 0.227 e. The van der Waals surface area contributed by atoms with Crippen LogP contribution < -0.4 is 10.6 Å². The van der Waals surface area contributed by atoms with Gasteiger partial charge in [-0.1, -0.05) is 19.9 Å². The topological polar surface area (TPSA) is 95.6 Å². The maximum atomic E-state index is 12.4. The van der Waals surface area contributed by atoms with Gasteiger partial charge >= 0.3 is 0 Å². The van der Waals surface area contributed by atoms with Crippen molar-refractivity contribution in [2.75, 3.05) is 30.0 Å². The van der Waals surface area contributed by atoms with Crippen molar-refractivity contribution in [3.63, 3.8) is 0 Å². The van der Waals surface area contributed by atoms with Gasteiger partial charge in [0.1, 0.15) is 0 Å². The third-order valence-corrected chi connectivity index (χ3v) is 5.52. The van der Waals surface area contributed by atoms with Gasteiger partial charge in [0.25, 0.3) is 0 Å². The van der Waals surface area contributed by atoms with Crippen LogP contribution in [0.15, 0.2) is 24.3 Å². The molecule has 0 unspecified atom stereocenters. The standard InChI is InChI=1S/C17H25N3O4S/c1-12(2)16(21)18-14-5-4-6-15(11-14)19-17(22)13-7-9-20(10-8-13)25(3,23)24/h4-6,11-13H,7-10H2,1-3H3,(H,18,21)(H,19,22). The van der Waals surface area contributed by atoms with Gasteiger partial charge in [0.05, 0.1) is 6.26 Å². The molecule has 0 bridgehead atoms. The fourth-order valence-corrected chi connectivity index (χ4v) is 3.53. The fraction of sp³-hybridized carbons (Fsp3) is 0.529. The number of nitrogens with one attached hydrogen (secondary N) is 2. The summed E-state index contributed by atoms with van der Waals surface area (Å²) in [4.78, 5) is 24.2. The van der Waals surface area contributed by atoms with Crippen LogP contribution in [0.1, 0.15) is 26.7 Å². The molecule has 1 aliphatic heterocycles. The van der Waals surface area contributed by atoms with Crippen molar-refractivity contribution >= 4 is 33.2 Å². The van der Waals surface area contributed by atoms with Crippen molar-refractivity contribution in [1.82, 2.24) is 4.31 Å². The van der Waals surface area contributed by atoms with Crippen LogP contribution in [0, 0.1) is 11.8 Å². The Morgan fingerprint density at radius 1 is 1.12 bits per heavy atom. The molecule has 0 spiro atoms. The van der Waals surface area contributed by atoms with E-state index in [1.54, 1.807) is 24.3 Å². The lowest BCUT2D eigenvalue weighted by molar-refractivity contribution is -0.121. The molecule has 1 aliphatic rings. The first-order chi connectivity index (χ1) is 11.7. The average Bonchev–Trinajstić information content (AvgIpc) is 2.54. The molecule has 1 aromatic rings. The number of hydrogen-bond donors (Lipinski definition) is 2. The van der Waals surface area contributed by atoms with Gasteiger partial charge in [-0.2, -0.15) is 0 Å². The highest BCUT2D eigenvalue weighted by Crippen LogP contribution is 2.22. The summed E-state index contributed by atoms with van der Waals surface area (Å²) in [5, 5.41) is 5.64. The normalized spacial score (nSPS) is 16.6. The van der Waals surface area contributed by atoms with Crippen LogP contribution in [0.3, 0.4) is 0 Å². The predicted molar refractivity (Wildman–Crippen MR) is 97.7 cm³/mol. The molecule has 1 fully saturated rings. The van der Waals surface area contributed by atoms with Crippen molar-refractivity contribution < 1.29 is 18.0 Å². The second kappa shape index (κ2) is 7.97. The SMILES string of the molecule is CC(C)C(=O)Nc1cccc(NC(=O)C2CCN(S(C)(=O)=O)CC2)c1. The van der Waals surface area contributed by atoms with E-state index < -0.39 is 10.0 Å². The Labute approximate surface area is 148 Å². The highest BCUT2D eigenvalue weighted by atomic mass is 32.2. The van der Waals surface area contributed by atoms with E-state index in [0.29, 0.717) is 37.3 Å². The average molecular weight is 367 g/mol. The van der Waals surface area contributed by atoms with Crippen LogP contribution >= 0.6 is 0 Å². The van der Waals surface area contributed by atoms with E-state index in [-0.39, 0.29) is 23.7 Å². The van der Waals surface area contributed by atoms with Crippen molar-refractivity contribution in [3.8, 4) is 0 Å². The summed E-state index contributed by atoms with van der Waals surface area (Å²) >= 11 is 0. The van der Waals surface area contributed by atoms with Gasteiger partial charge in [0.15, 0.2) is 0 Å². The van der Waals surface area contributed by atoms with E-state index in [2.05, 4.69) is 10.6 Å². The molecule has 0 saturated carbocycles. The second-order valence-corrected chi connectivity index (χ2v) is 8.63. The minimum absolute atomic E-state index is 0.0865. The minimum Gasteiger partial charge on any atom is -0.326 e. The minimum atomic E-state index is -3.20. The number of sulfonamides is 1. The molecule has 0 aromatic heterocycles. The van der Waals surface area contributed by atoms with E-state index in [9.17, 15) is 18.0 Å². The Balaban J connectivity index is 1.94. The second-order valence-electron chi connectivity index (χ2n) is 6.65. The van der Waals surface area contributed by atoms with Crippen LogP contribution in [0.4, 0.5) is 11.4 Å². The number of rotatable bonds is 5. The third-order valence-electron chi connectivity index (χ3n) is 4.22. The zero-order valence-corrected chi connectivity index (χ0v) is 15.6. The lowest BCUT2D eigenvalue weighted by Crippen LogP contribution is -2.40. The van der Waals surface area contributed by atoms with Crippen molar-refractivity contribution in [1.29, 1.82) is 0 Å². The molecule has 7 nitrogen and oxygen atoms in total. The summed E-state index contributed by atoms with van der Waals surface area (Å²) in [6.45, 7) is 4.34. The van der Waals surface area contributed by atoms with Gasteiger partial charge in [-0.15, -0.1) is 0 Å². The molecule has 0 aliphatic carbocycles. The van der Waals surface area contributed by atoms with Gasteiger partial charge in [-0.05, 0) is 31.0 Å². The summed E-state index contributed by atoms with van der Waals surface area (Å²) in [6, 6.07) is 7.00. The number of benzene rings is 1. The monoisotopic (exact) mass is 367 g/mol. The van der Waals surface area contributed by atoms with Crippen molar-refractivity contribution in [2.45, 2.75) is 26.7 Å². The molecule has 2 rings (SSSR count). The van der Waals surface area contributed by atoms with E-state index in [4.69, 9.17) is 0 Å². The van der Waals surface area contributed by atoms with Gasteiger partial charge in [0, 0.05) is 36.3 Å². The number of piperidine rings is 1. The largest absolute Gasteiger partial charge is 0.326 e. The Hall–Kier alpha value is -1.93. The number of anilines is 2. The summed E-state index contributed by atoms with van der Waals surface area (Å²) in [5.41, 5.74) is 1.24. The fourth-order valence-electron chi connectivity index (χ4n) is 2.66. The molecule has 1 heterocycles. The molecule has 138 valence electrons. The molecule has 0 radical (unpaired) electrons. The molecule has 1 aromatic carbocycles. The van der Waals surface area contributed by atoms with Crippen molar-refractivity contribution in [2.24, 2.45) is 11.8 Å². The molecular weight excluding hydrogens is 342 g/mol. The number of carbonyl (C=O) groups excluding carboxylic acids is 2. The van der Waals surface area contributed by atoms with Crippen LogP contribution in [0.25, 0.3) is 0 Å². The lowest BCUT2D eigenvalue weighted by atomic mass is 9.97. The zero-order chi connectivity index (χ0) is 18.6. The number of nitrogens with zero attached hydrogens (tertiary/aromatic N) is 1. The number of amides is 2. The third kappa shape index (κ3) is 5.54. The first kappa shape index (κ1) is 19.4. The summed E-state index contributed by atoms with van der Waals surface area (Å²) in [7, 11) is -3.20. The summed E-state index contributed by atoms with van der Waals surface area (Å²) in [5.74, 6) is -0.553. The Bertz CT molecular complexity index is 738. The van der Waals surface area contributed by atoms with Gasteiger partial charge in [-0.3, -0.25) is 9.59 Å². The van der Waals surface area contributed by atoms with E-state index in [1.807, 2.05) is 13.8 Å². The van der Waals surface area contributed by atoms with E-state index in [1.165, 1.54) is 10.6 Å². The summed E-state index contributed by atoms with van der Waals surface area (Å²) < 4.78 is 24.4. The Morgan fingerprint density at radius 2 is 1.68 bits per heavy atom. The van der Waals surface area contributed by atoms with Crippen LogP contribution in [-0.2, 0) is 19.6 Å². The quantitative estimate of drug-likeness (QED) is 0.831. The summed E-state index contributed by atoms with van der Waals surface area (Å²) in [6.07, 6.45) is 2.19. The molecule has 0 atom stereocenters. The molecule has 2 N–H and O–H groups in total. The van der Waals surface area contributed by atoms with E-state index in [0.717, 1.165) is 0 Å². The van der Waals surface area contributed by atoms with Crippen LogP contribution in [0.5, 0.6) is 0 Å². The Kier molecular flexibility index (Phi) is 6.18. The highest BCUT2D eigenvalue weighted by molar-refractivity contribution is 7.88. The molecule has 1 saturated heterocycles. The molecule has 25 heavy (non-hydrogen) atoms. The molecule has 8 heteroatoms. The first-order valence-electron chi connectivity index (χ1n) is 8.33. The maximum Gasteiger partial charge on any atom is 0.227 e. The Morgan fingerprint density at radius 3 is 2.20 bits per heavy atom. The molecule has 2 amide bonds. The number of carbonyl (C=O) groups is 2. The maximum absolute atomic E-state index is 12.4. The van der Waals surface area contributed by atoms with Gasteiger partial charge in [0.2, 0.25) is 21.8 Å². The van der Waals surface area contributed by atoms with Crippen LogP contribution in [-0.4, -0.2) is 43.9 Å². The van der Waals surface area contributed by atoms with Crippen molar-refractivity contribution in [3.05, 3.63) is 24.3 Å². The van der Waals surface area contributed by atoms with Gasteiger partial charge < -0.3 is 10.6 Å². The van der Waals surface area contributed by atoms with Gasteiger partial charge in [-0.25, -0.2) is 12.7 Å². The predicted octanol–water partition coefficient (Wildman–Crippen LogP) is 1.89. The number of hydrogen-bond acceptors (Lipinski definition) is 4. The lowest BCUT2D eigenvalue weighted by Gasteiger charge is -2.29. The van der Waals surface area contributed by atoms with Crippen LogP contribution in [0.2, 0.25) is 0 Å².